The van der Waals surface area contributed by atoms with Gasteiger partial charge in [0.15, 0.2) is 21.3 Å². The number of β-lactam (4-membered cyclic amide) rings is 1. The molecular weight excluding hydrogens is 426 g/mol. The average molecular weight is 454 g/mol. The minimum Gasteiger partial charge on any atom is -0.465 e. The van der Waals surface area contributed by atoms with Crippen LogP contribution in [0.5, 0.6) is 0 Å². The van der Waals surface area contributed by atoms with Crippen molar-refractivity contribution in [3.05, 3.63) is 11.3 Å². The topological polar surface area (TPSA) is 125 Å². The van der Waals surface area contributed by atoms with Gasteiger partial charge in [-0.2, -0.15) is 0 Å². The second kappa shape index (κ2) is 6.44. The minimum atomic E-state index is -3.78. The van der Waals surface area contributed by atoms with Gasteiger partial charge in [-0.3, -0.25) is 14.5 Å². The SMILES string of the molecule is CO[C@H]1C(=O)N2C(C(=O)N3CCN(C(=O)O)CC3)=C(C)C3(CC34CCCC4)S(=O)(=O)[C@H]12. The maximum absolute atomic E-state index is 13.8. The van der Waals surface area contributed by atoms with Crippen molar-refractivity contribution >= 4 is 27.7 Å². The van der Waals surface area contributed by atoms with Crippen LogP contribution in [-0.2, 0) is 24.2 Å². The van der Waals surface area contributed by atoms with Crippen molar-refractivity contribution in [3.8, 4) is 0 Å². The van der Waals surface area contributed by atoms with E-state index in [0.717, 1.165) is 30.6 Å². The predicted octanol–water partition coefficient (Wildman–Crippen LogP) is 0.397. The second-order valence-electron chi connectivity index (χ2n) is 9.33. The number of nitrogens with zero attached hydrogens (tertiary/aromatic N) is 3. The van der Waals surface area contributed by atoms with Gasteiger partial charge in [0.25, 0.3) is 11.8 Å². The lowest BCUT2D eigenvalue weighted by molar-refractivity contribution is -0.162. The predicted molar refractivity (Wildman–Crippen MR) is 107 cm³/mol. The van der Waals surface area contributed by atoms with E-state index < -0.39 is 44.0 Å². The Morgan fingerprint density at radius 3 is 2.23 bits per heavy atom. The van der Waals surface area contributed by atoms with Crippen LogP contribution in [0.15, 0.2) is 11.3 Å². The molecule has 0 aromatic carbocycles. The fourth-order valence-corrected chi connectivity index (χ4v) is 9.76. The monoisotopic (exact) mass is 453 g/mol. The molecule has 3 atom stereocenters. The van der Waals surface area contributed by atoms with Crippen LogP contribution in [0.1, 0.15) is 39.0 Å². The van der Waals surface area contributed by atoms with Crippen molar-refractivity contribution in [1.82, 2.24) is 14.7 Å². The fraction of sp³-hybridized carbons (Fsp3) is 0.750. The molecule has 0 bridgehead atoms. The average Bonchev–Trinajstić information content (AvgIpc) is 3.16. The zero-order valence-corrected chi connectivity index (χ0v) is 18.5. The summed E-state index contributed by atoms with van der Waals surface area (Å²) in [7, 11) is -2.46. The zero-order chi connectivity index (χ0) is 22.3. The van der Waals surface area contributed by atoms with Gasteiger partial charge in [0.2, 0.25) is 0 Å². The van der Waals surface area contributed by atoms with Gasteiger partial charge < -0.3 is 19.6 Å². The Kier molecular flexibility index (Phi) is 4.31. The summed E-state index contributed by atoms with van der Waals surface area (Å²) in [6.07, 6.45) is 1.90. The van der Waals surface area contributed by atoms with Gasteiger partial charge in [0, 0.05) is 33.3 Å². The van der Waals surface area contributed by atoms with Crippen molar-refractivity contribution < 1.29 is 32.6 Å². The summed E-state index contributed by atoms with van der Waals surface area (Å²) in [5.74, 6) is -0.913. The molecular formula is C20H27N3O7S. The largest absolute Gasteiger partial charge is 0.465 e. The number of carbonyl (C=O) groups is 3. The third-order valence-electron chi connectivity index (χ3n) is 8.17. The molecule has 2 saturated heterocycles. The molecule has 0 aromatic heterocycles. The van der Waals surface area contributed by atoms with Crippen molar-refractivity contribution in [1.29, 1.82) is 0 Å². The highest BCUT2D eigenvalue weighted by atomic mass is 32.2. The number of fused-ring (bicyclic) bond motifs is 2. The zero-order valence-electron chi connectivity index (χ0n) is 17.7. The van der Waals surface area contributed by atoms with Crippen LogP contribution >= 0.6 is 0 Å². The molecule has 1 N–H and O–H groups in total. The lowest BCUT2D eigenvalue weighted by Gasteiger charge is -2.52. The van der Waals surface area contributed by atoms with Crippen LogP contribution in [0.3, 0.4) is 0 Å². The molecule has 2 saturated carbocycles. The molecule has 4 fully saturated rings. The van der Waals surface area contributed by atoms with Gasteiger partial charge in [0.1, 0.15) is 10.4 Å². The van der Waals surface area contributed by atoms with E-state index in [2.05, 4.69) is 0 Å². The number of carbonyl (C=O) groups excluding carboxylic acids is 2. The molecule has 2 aliphatic carbocycles. The van der Waals surface area contributed by atoms with Crippen LogP contribution in [0, 0.1) is 5.41 Å². The Balaban J connectivity index is 1.56. The summed E-state index contributed by atoms with van der Waals surface area (Å²) >= 11 is 0. The van der Waals surface area contributed by atoms with Crippen molar-refractivity contribution in [2.45, 2.75) is 55.3 Å². The van der Waals surface area contributed by atoms with Crippen molar-refractivity contribution in [2.24, 2.45) is 5.41 Å². The highest BCUT2D eigenvalue weighted by Crippen LogP contribution is 2.75. The number of sulfone groups is 1. The van der Waals surface area contributed by atoms with E-state index in [0.29, 0.717) is 12.0 Å². The van der Waals surface area contributed by atoms with Crippen LogP contribution in [0.2, 0.25) is 0 Å². The Morgan fingerprint density at radius 2 is 1.68 bits per heavy atom. The lowest BCUT2D eigenvalue weighted by Crippen LogP contribution is -2.73. The Hall–Kier alpha value is -2.14. The number of carboxylic acid groups (broad SMARTS) is 1. The van der Waals surface area contributed by atoms with E-state index in [1.165, 1.54) is 16.9 Å². The molecule has 5 rings (SSSR count). The highest BCUT2D eigenvalue weighted by Gasteiger charge is 2.81. The minimum absolute atomic E-state index is 0.158. The summed E-state index contributed by atoms with van der Waals surface area (Å²) < 4.78 is 31.7. The third-order valence-corrected chi connectivity index (χ3v) is 11.1. The van der Waals surface area contributed by atoms with Gasteiger partial charge in [-0.25, -0.2) is 13.2 Å². The first-order chi connectivity index (χ1) is 14.6. The number of piperazine rings is 1. The first kappa shape index (κ1) is 20.7. The molecule has 5 aliphatic rings. The van der Waals surface area contributed by atoms with E-state index >= 15 is 0 Å². The van der Waals surface area contributed by atoms with Gasteiger partial charge in [-0.05, 0) is 37.2 Å². The number of hydrogen-bond donors (Lipinski definition) is 1. The normalized spacial score (nSPS) is 35.4. The molecule has 170 valence electrons. The molecule has 3 amide bonds. The van der Waals surface area contributed by atoms with E-state index in [4.69, 9.17) is 9.84 Å². The lowest BCUT2D eigenvalue weighted by atomic mass is 9.93. The maximum atomic E-state index is 13.8. The van der Waals surface area contributed by atoms with Gasteiger partial charge in [-0.15, -0.1) is 0 Å². The standard InChI is InChI=1S/C20H27N3O7S/c1-12-13(15(24)21-7-9-22(10-8-21)18(26)27)23-16(25)14(30-2)17(23)31(28,29)20(12)11-19(20)5-3-4-6-19/h14,17H,3-11H2,1-2H3,(H,26,27)/t14-,17+,20?/m0/s1. The Bertz CT molecular complexity index is 1010. The number of ether oxygens (including phenoxy) is 1. The molecule has 11 heteroatoms. The second-order valence-corrected chi connectivity index (χ2v) is 11.6. The maximum Gasteiger partial charge on any atom is 0.407 e. The molecule has 3 heterocycles. The molecule has 2 spiro atoms. The number of amides is 3. The molecule has 1 unspecified atom stereocenters. The fourth-order valence-electron chi connectivity index (χ4n) is 6.50. The number of rotatable bonds is 2. The molecule has 0 radical (unpaired) electrons. The van der Waals surface area contributed by atoms with Crippen molar-refractivity contribution in [2.75, 3.05) is 33.3 Å². The van der Waals surface area contributed by atoms with E-state index in [1.807, 2.05) is 0 Å². The molecule has 0 aromatic rings. The molecule has 10 nitrogen and oxygen atoms in total. The summed E-state index contributed by atoms with van der Waals surface area (Å²) in [4.78, 5) is 41.4. The van der Waals surface area contributed by atoms with Crippen LogP contribution in [0.25, 0.3) is 0 Å². The highest BCUT2D eigenvalue weighted by molar-refractivity contribution is 7.94. The first-order valence-electron chi connectivity index (χ1n) is 10.7. The number of methoxy groups -OCH3 is 1. The van der Waals surface area contributed by atoms with Crippen LogP contribution < -0.4 is 0 Å². The molecule has 3 aliphatic heterocycles. The van der Waals surface area contributed by atoms with Crippen LogP contribution in [0.4, 0.5) is 4.79 Å². The van der Waals surface area contributed by atoms with E-state index in [-0.39, 0.29) is 37.3 Å². The third kappa shape index (κ3) is 2.36. The first-order valence-corrected chi connectivity index (χ1v) is 12.3. The van der Waals surface area contributed by atoms with E-state index in [1.54, 1.807) is 6.92 Å². The number of hydrogen-bond acceptors (Lipinski definition) is 6. The van der Waals surface area contributed by atoms with Gasteiger partial charge in [-0.1, -0.05) is 12.8 Å². The summed E-state index contributed by atoms with van der Waals surface area (Å²) in [5, 5.41) is 7.99. The summed E-state index contributed by atoms with van der Waals surface area (Å²) in [6.45, 7) is 2.45. The summed E-state index contributed by atoms with van der Waals surface area (Å²) in [5.41, 5.74) is 0.275. The van der Waals surface area contributed by atoms with Crippen LogP contribution in [-0.4, -0.2) is 95.6 Å². The Morgan fingerprint density at radius 1 is 1.10 bits per heavy atom. The van der Waals surface area contributed by atoms with Crippen molar-refractivity contribution in [3.63, 3.8) is 0 Å². The smallest absolute Gasteiger partial charge is 0.407 e. The molecule has 31 heavy (non-hydrogen) atoms. The Labute approximate surface area is 180 Å². The van der Waals surface area contributed by atoms with Gasteiger partial charge >= 0.3 is 6.09 Å². The van der Waals surface area contributed by atoms with Gasteiger partial charge in [0.05, 0.1) is 0 Å². The summed E-state index contributed by atoms with van der Waals surface area (Å²) in [6, 6.07) is 0. The van der Waals surface area contributed by atoms with E-state index in [9.17, 15) is 22.8 Å². The quantitative estimate of drug-likeness (QED) is 0.600.